The Morgan fingerprint density at radius 2 is 2.00 bits per heavy atom. The van der Waals surface area contributed by atoms with Crippen molar-refractivity contribution < 1.29 is 0 Å². The SMILES string of the molecule is C=C(C)C(NN)C1CC2CC2C1. The Morgan fingerprint density at radius 1 is 1.42 bits per heavy atom. The number of fused-ring (bicyclic) bond motifs is 1. The van der Waals surface area contributed by atoms with E-state index < -0.39 is 0 Å². The predicted molar refractivity (Wildman–Crippen MR) is 50.2 cm³/mol. The molecule has 2 saturated carbocycles. The van der Waals surface area contributed by atoms with E-state index in [0.29, 0.717) is 6.04 Å². The minimum absolute atomic E-state index is 0.359. The molecule has 2 aliphatic carbocycles. The van der Waals surface area contributed by atoms with Gasteiger partial charge in [0, 0.05) is 6.04 Å². The van der Waals surface area contributed by atoms with Crippen LogP contribution in [0.5, 0.6) is 0 Å². The average Bonchev–Trinajstić information content (AvgIpc) is 2.60. The fourth-order valence-electron chi connectivity index (χ4n) is 2.71. The summed E-state index contributed by atoms with van der Waals surface area (Å²) < 4.78 is 0. The molecule has 0 saturated heterocycles. The van der Waals surface area contributed by atoms with Crippen molar-refractivity contribution in [2.24, 2.45) is 23.6 Å². The lowest BCUT2D eigenvalue weighted by molar-refractivity contribution is 0.375. The summed E-state index contributed by atoms with van der Waals surface area (Å²) in [5, 5.41) is 0. The Hall–Kier alpha value is -0.340. The summed E-state index contributed by atoms with van der Waals surface area (Å²) in [5.74, 6) is 8.33. The molecular formula is C10H18N2. The van der Waals surface area contributed by atoms with Crippen molar-refractivity contribution >= 4 is 0 Å². The number of nitrogens with one attached hydrogen (secondary N) is 1. The van der Waals surface area contributed by atoms with Crippen LogP contribution in [-0.2, 0) is 0 Å². The zero-order valence-electron chi connectivity index (χ0n) is 7.72. The summed E-state index contributed by atoms with van der Waals surface area (Å²) >= 11 is 0. The van der Waals surface area contributed by atoms with Gasteiger partial charge in [0.25, 0.3) is 0 Å². The highest BCUT2D eigenvalue weighted by atomic mass is 15.2. The lowest BCUT2D eigenvalue weighted by Gasteiger charge is -2.24. The normalized spacial score (nSPS) is 40.7. The number of nitrogens with two attached hydrogens (primary N) is 1. The van der Waals surface area contributed by atoms with E-state index in [-0.39, 0.29) is 0 Å². The van der Waals surface area contributed by atoms with Crippen LogP contribution in [0.4, 0.5) is 0 Å². The topological polar surface area (TPSA) is 38.0 Å². The first kappa shape index (κ1) is 8.27. The molecular weight excluding hydrogens is 148 g/mol. The van der Waals surface area contributed by atoms with Crippen LogP contribution in [0.2, 0.25) is 0 Å². The third-order valence-corrected chi connectivity index (χ3v) is 3.46. The van der Waals surface area contributed by atoms with E-state index in [1.165, 1.54) is 24.8 Å². The molecule has 0 aromatic carbocycles. The minimum Gasteiger partial charge on any atom is -0.271 e. The van der Waals surface area contributed by atoms with Crippen molar-refractivity contribution in [1.29, 1.82) is 0 Å². The quantitative estimate of drug-likeness (QED) is 0.378. The molecule has 0 radical (unpaired) electrons. The number of hydrogen-bond donors (Lipinski definition) is 2. The van der Waals surface area contributed by atoms with Gasteiger partial charge in [0.05, 0.1) is 0 Å². The molecule has 2 nitrogen and oxygen atoms in total. The number of hydrazine groups is 1. The van der Waals surface area contributed by atoms with Gasteiger partial charge in [0.2, 0.25) is 0 Å². The molecule has 0 aliphatic heterocycles. The summed E-state index contributed by atoms with van der Waals surface area (Å²) in [7, 11) is 0. The van der Waals surface area contributed by atoms with Crippen LogP contribution in [0.25, 0.3) is 0 Å². The smallest absolute Gasteiger partial charge is 0.0442 e. The van der Waals surface area contributed by atoms with Crippen molar-refractivity contribution in [1.82, 2.24) is 5.43 Å². The Labute approximate surface area is 74.2 Å². The van der Waals surface area contributed by atoms with Crippen LogP contribution >= 0.6 is 0 Å². The third kappa shape index (κ3) is 1.29. The van der Waals surface area contributed by atoms with Crippen molar-refractivity contribution in [3.05, 3.63) is 12.2 Å². The van der Waals surface area contributed by atoms with E-state index in [1.54, 1.807) is 0 Å². The van der Waals surface area contributed by atoms with Gasteiger partial charge in [-0.3, -0.25) is 11.3 Å². The van der Waals surface area contributed by atoms with Crippen LogP contribution in [0.1, 0.15) is 26.2 Å². The molecule has 0 bridgehead atoms. The van der Waals surface area contributed by atoms with E-state index in [9.17, 15) is 0 Å². The highest BCUT2D eigenvalue weighted by molar-refractivity contribution is 5.09. The van der Waals surface area contributed by atoms with Crippen LogP contribution in [-0.4, -0.2) is 6.04 Å². The first-order valence-electron chi connectivity index (χ1n) is 4.84. The molecule has 2 rings (SSSR count). The third-order valence-electron chi connectivity index (χ3n) is 3.46. The highest BCUT2D eigenvalue weighted by Gasteiger charge is 2.47. The Kier molecular flexibility index (Phi) is 1.97. The van der Waals surface area contributed by atoms with Gasteiger partial charge < -0.3 is 0 Å². The fourth-order valence-corrected chi connectivity index (χ4v) is 2.71. The van der Waals surface area contributed by atoms with E-state index in [4.69, 9.17) is 5.84 Å². The second-order valence-electron chi connectivity index (χ2n) is 4.48. The zero-order chi connectivity index (χ0) is 8.72. The van der Waals surface area contributed by atoms with Gasteiger partial charge in [-0.05, 0) is 43.9 Å². The molecule has 0 heterocycles. The van der Waals surface area contributed by atoms with Crippen LogP contribution < -0.4 is 11.3 Å². The maximum absolute atomic E-state index is 5.50. The summed E-state index contributed by atoms with van der Waals surface area (Å²) in [6.07, 6.45) is 4.21. The largest absolute Gasteiger partial charge is 0.271 e. The molecule has 2 fully saturated rings. The minimum atomic E-state index is 0.359. The van der Waals surface area contributed by atoms with Gasteiger partial charge in [0.1, 0.15) is 0 Å². The summed E-state index contributed by atoms with van der Waals surface area (Å²) in [4.78, 5) is 0. The Morgan fingerprint density at radius 3 is 2.42 bits per heavy atom. The van der Waals surface area contributed by atoms with Crippen molar-refractivity contribution in [3.63, 3.8) is 0 Å². The first-order valence-corrected chi connectivity index (χ1v) is 4.84. The second-order valence-corrected chi connectivity index (χ2v) is 4.48. The monoisotopic (exact) mass is 166 g/mol. The summed E-state index contributed by atoms with van der Waals surface area (Å²) in [5.41, 5.74) is 4.07. The van der Waals surface area contributed by atoms with Gasteiger partial charge in [-0.2, -0.15) is 0 Å². The Bertz CT molecular complexity index is 190. The average molecular weight is 166 g/mol. The van der Waals surface area contributed by atoms with Gasteiger partial charge in [-0.15, -0.1) is 0 Å². The fraction of sp³-hybridized carbons (Fsp3) is 0.800. The van der Waals surface area contributed by atoms with E-state index in [0.717, 1.165) is 17.8 Å². The van der Waals surface area contributed by atoms with Crippen LogP contribution in [0.15, 0.2) is 12.2 Å². The van der Waals surface area contributed by atoms with Gasteiger partial charge in [-0.25, -0.2) is 0 Å². The summed E-state index contributed by atoms with van der Waals surface area (Å²) in [6.45, 7) is 6.03. The number of rotatable bonds is 3. The lowest BCUT2D eigenvalue weighted by Crippen LogP contribution is -2.41. The molecule has 2 heteroatoms. The molecule has 3 N–H and O–H groups in total. The zero-order valence-corrected chi connectivity index (χ0v) is 7.72. The van der Waals surface area contributed by atoms with Crippen LogP contribution in [0.3, 0.4) is 0 Å². The molecule has 12 heavy (non-hydrogen) atoms. The predicted octanol–water partition coefficient (Wildman–Crippen LogP) is 1.44. The Balaban J connectivity index is 1.93. The second kappa shape index (κ2) is 2.86. The van der Waals surface area contributed by atoms with Gasteiger partial charge in [0.15, 0.2) is 0 Å². The van der Waals surface area contributed by atoms with Gasteiger partial charge >= 0.3 is 0 Å². The molecule has 2 aliphatic rings. The molecule has 68 valence electrons. The van der Waals surface area contributed by atoms with Gasteiger partial charge in [-0.1, -0.05) is 12.2 Å². The van der Waals surface area contributed by atoms with Crippen molar-refractivity contribution in [2.45, 2.75) is 32.2 Å². The molecule has 0 aromatic heterocycles. The molecule has 3 atom stereocenters. The van der Waals surface area contributed by atoms with E-state index in [2.05, 4.69) is 18.9 Å². The highest BCUT2D eigenvalue weighted by Crippen LogP contribution is 2.55. The standard InChI is InChI=1S/C10H18N2/c1-6(2)10(12-11)9-4-7-3-8(7)5-9/h7-10,12H,1,3-5,11H2,2H3. The molecule has 0 aromatic rings. The maximum Gasteiger partial charge on any atom is 0.0442 e. The van der Waals surface area contributed by atoms with Crippen molar-refractivity contribution in [3.8, 4) is 0 Å². The van der Waals surface area contributed by atoms with E-state index >= 15 is 0 Å². The molecule has 0 amide bonds. The lowest BCUT2D eigenvalue weighted by atomic mass is 9.91. The maximum atomic E-state index is 5.50. The van der Waals surface area contributed by atoms with E-state index in [1.807, 2.05) is 0 Å². The summed E-state index contributed by atoms with van der Waals surface area (Å²) in [6, 6.07) is 0.359. The number of hydrogen-bond acceptors (Lipinski definition) is 2. The van der Waals surface area contributed by atoms with Crippen LogP contribution in [0, 0.1) is 17.8 Å². The molecule has 3 unspecified atom stereocenters. The molecule has 0 spiro atoms. The van der Waals surface area contributed by atoms with Crippen molar-refractivity contribution in [2.75, 3.05) is 0 Å². The first-order chi connectivity index (χ1) is 5.72.